The van der Waals surface area contributed by atoms with Crippen LogP contribution < -0.4 is 16.0 Å². The van der Waals surface area contributed by atoms with E-state index in [9.17, 15) is 14.0 Å². The number of nitrogens with zero attached hydrogens (tertiary/aromatic N) is 3. The van der Waals surface area contributed by atoms with E-state index in [1.807, 2.05) is 0 Å². The minimum atomic E-state index is -0.493. The fourth-order valence-corrected chi connectivity index (χ4v) is 4.42. The number of aliphatic hydroxyl groups excluding tert-OH is 1. The summed E-state index contributed by atoms with van der Waals surface area (Å²) in [6.07, 6.45) is 2.60. The molecule has 0 aliphatic carbocycles. The second kappa shape index (κ2) is 11.0. The number of halogens is 2. The molecule has 0 saturated carbocycles. The van der Waals surface area contributed by atoms with Crippen LogP contribution in [-0.2, 0) is 26.4 Å². The monoisotopic (exact) mass is 499 g/mol. The first-order valence-electron chi connectivity index (χ1n) is 11.6. The number of benzene rings is 2. The van der Waals surface area contributed by atoms with Gasteiger partial charge in [-0.1, -0.05) is 35.9 Å². The van der Waals surface area contributed by atoms with Crippen molar-refractivity contribution in [2.45, 2.75) is 38.6 Å². The van der Waals surface area contributed by atoms with Crippen LogP contribution in [0.5, 0.6) is 5.75 Å². The average molecular weight is 500 g/mol. The van der Waals surface area contributed by atoms with Gasteiger partial charge in [0.25, 0.3) is 5.56 Å². The summed E-state index contributed by atoms with van der Waals surface area (Å²) in [5.41, 5.74) is 0.531. The summed E-state index contributed by atoms with van der Waals surface area (Å²) in [7, 11) is 1.57. The molecule has 35 heavy (non-hydrogen) atoms. The van der Waals surface area contributed by atoms with Gasteiger partial charge in [0, 0.05) is 26.1 Å². The van der Waals surface area contributed by atoms with E-state index in [2.05, 4.69) is 0 Å². The van der Waals surface area contributed by atoms with E-state index in [0.29, 0.717) is 54.3 Å². The SMILES string of the molecule is Cn1c2c(c(=O)n(CCCO)c1=O)CCC(CCc1ccc(F)cc1)C(Oc1ccccc1Cl)=N2. The van der Waals surface area contributed by atoms with E-state index in [0.717, 1.165) is 10.1 Å². The quantitative estimate of drug-likeness (QED) is 0.532. The highest BCUT2D eigenvalue weighted by atomic mass is 35.5. The smallest absolute Gasteiger partial charge is 0.332 e. The number of hydrogen-bond acceptors (Lipinski definition) is 5. The van der Waals surface area contributed by atoms with Crippen LogP contribution in [0.25, 0.3) is 0 Å². The summed E-state index contributed by atoms with van der Waals surface area (Å²) in [6, 6.07) is 13.4. The van der Waals surface area contributed by atoms with Crippen molar-refractivity contribution in [1.82, 2.24) is 9.13 Å². The number of aliphatic hydroxyl groups is 1. The number of aliphatic imine (C=N–C) groups is 1. The Kier molecular flexibility index (Phi) is 7.83. The Morgan fingerprint density at radius 3 is 2.63 bits per heavy atom. The molecule has 0 amide bonds. The van der Waals surface area contributed by atoms with E-state index in [4.69, 9.17) is 26.4 Å². The van der Waals surface area contributed by atoms with Crippen LogP contribution in [-0.4, -0.2) is 26.7 Å². The van der Waals surface area contributed by atoms with E-state index >= 15 is 0 Å². The van der Waals surface area contributed by atoms with Gasteiger partial charge in [0.15, 0.2) is 5.90 Å². The van der Waals surface area contributed by atoms with Crippen molar-refractivity contribution in [2.75, 3.05) is 6.61 Å². The van der Waals surface area contributed by atoms with Crippen molar-refractivity contribution in [2.24, 2.45) is 18.0 Å². The summed E-state index contributed by atoms with van der Waals surface area (Å²) in [4.78, 5) is 30.8. The normalized spacial score (nSPS) is 15.3. The molecule has 9 heteroatoms. The second-order valence-electron chi connectivity index (χ2n) is 8.56. The van der Waals surface area contributed by atoms with Crippen LogP contribution in [0.15, 0.2) is 63.1 Å². The van der Waals surface area contributed by atoms with Crippen molar-refractivity contribution >= 4 is 23.3 Å². The minimum Gasteiger partial charge on any atom is -0.441 e. The maximum Gasteiger partial charge on any atom is 0.332 e. The second-order valence-corrected chi connectivity index (χ2v) is 8.97. The third-order valence-electron chi connectivity index (χ3n) is 6.20. The lowest BCUT2D eigenvalue weighted by atomic mass is 9.94. The first-order valence-corrected chi connectivity index (χ1v) is 12.0. The number of aromatic nitrogens is 2. The van der Waals surface area contributed by atoms with E-state index < -0.39 is 11.2 Å². The average Bonchev–Trinajstić information content (AvgIpc) is 3.03. The summed E-state index contributed by atoms with van der Waals surface area (Å²) < 4.78 is 22.0. The van der Waals surface area contributed by atoms with E-state index in [1.54, 1.807) is 43.4 Å². The van der Waals surface area contributed by atoms with Crippen molar-refractivity contribution in [1.29, 1.82) is 0 Å². The molecule has 0 saturated heterocycles. The zero-order valence-corrected chi connectivity index (χ0v) is 20.2. The Balaban J connectivity index is 1.74. The summed E-state index contributed by atoms with van der Waals surface area (Å²) in [5, 5.41) is 9.59. The van der Waals surface area contributed by atoms with Crippen LogP contribution in [0, 0.1) is 11.7 Å². The number of hydrogen-bond donors (Lipinski definition) is 1. The molecule has 2 heterocycles. The lowest BCUT2D eigenvalue weighted by Crippen LogP contribution is -2.41. The molecule has 0 radical (unpaired) electrons. The fourth-order valence-electron chi connectivity index (χ4n) is 4.25. The first kappa shape index (κ1) is 24.9. The number of para-hydroxylation sites is 1. The van der Waals surface area contributed by atoms with Gasteiger partial charge in [0.1, 0.15) is 17.4 Å². The Bertz CT molecular complexity index is 1350. The zero-order valence-electron chi connectivity index (χ0n) is 19.4. The topological polar surface area (TPSA) is 85.8 Å². The van der Waals surface area contributed by atoms with Gasteiger partial charge < -0.3 is 9.84 Å². The highest BCUT2D eigenvalue weighted by Crippen LogP contribution is 2.31. The number of rotatable bonds is 7. The fraction of sp³-hybridized carbons (Fsp3) is 0.346. The molecule has 1 aliphatic rings. The van der Waals surface area contributed by atoms with E-state index in [-0.39, 0.29) is 30.7 Å². The number of aryl methyl sites for hydroxylation is 1. The molecule has 0 spiro atoms. The zero-order chi connectivity index (χ0) is 24.9. The van der Waals surface area contributed by atoms with Crippen LogP contribution in [0.1, 0.15) is 30.4 Å². The molecule has 1 N–H and O–H groups in total. The van der Waals surface area contributed by atoms with Gasteiger partial charge in [-0.3, -0.25) is 13.9 Å². The molecule has 0 bridgehead atoms. The predicted molar refractivity (Wildman–Crippen MR) is 133 cm³/mol. The molecule has 1 aliphatic heterocycles. The predicted octanol–water partition coefficient (Wildman–Crippen LogP) is 4.03. The Morgan fingerprint density at radius 2 is 1.91 bits per heavy atom. The Labute approximate surface area is 207 Å². The largest absolute Gasteiger partial charge is 0.441 e. The molecule has 1 aromatic heterocycles. The third kappa shape index (κ3) is 5.55. The minimum absolute atomic E-state index is 0.119. The van der Waals surface area contributed by atoms with Gasteiger partial charge in [-0.15, -0.1) is 0 Å². The van der Waals surface area contributed by atoms with Crippen LogP contribution in [0.4, 0.5) is 10.2 Å². The Morgan fingerprint density at radius 1 is 1.17 bits per heavy atom. The standard InChI is InChI=1S/C26H27ClFN3O4/c1-30-23-20(25(33)31(26(30)34)15-4-16-32)14-11-18(10-7-17-8-12-19(28)13-9-17)24(29-23)35-22-6-3-2-5-21(22)27/h2-3,5-6,8-9,12-13,18,32H,4,7,10-11,14-16H2,1H3. The maximum atomic E-state index is 13.3. The van der Waals surface area contributed by atoms with Crippen molar-refractivity contribution < 1.29 is 14.2 Å². The summed E-state index contributed by atoms with van der Waals surface area (Å²) in [6.45, 7) is 0.0160. The molecule has 2 aromatic carbocycles. The molecule has 1 atom stereocenters. The van der Waals surface area contributed by atoms with Crippen LogP contribution in [0.2, 0.25) is 5.02 Å². The molecule has 1 unspecified atom stereocenters. The number of ether oxygens (including phenoxy) is 1. The van der Waals surface area contributed by atoms with Gasteiger partial charge in [-0.05, 0) is 61.9 Å². The molecule has 0 fully saturated rings. The van der Waals surface area contributed by atoms with Crippen LogP contribution >= 0.6 is 11.6 Å². The lowest BCUT2D eigenvalue weighted by Gasteiger charge is -2.18. The lowest BCUT2D eigenvalue weighted by molar-refractivity contribution is 0.277. The van der Waals surface area contributed by atoms with Crippen LogP contribution in [0.3, 0.4) is 0 Å². The van der Waals surface area contributed by atoms with Gasteiger partial charge in [-0.2, -0.15) is 4.99 Å². The van der Waals surface area contributed by atoms with Gasteiger partial charge in [0.05, 0.1) is 10.6 Å². The molecular formula is C26H27ClFN3O4. The van der Waals surface area contributed by atoms with Crippen molar-refractivity contribution in [3.05, 3.63) is 91.3 Å². The molecule has 184 valence electrons. The van der Waals surface area contributed by atoms with Crippen molar-refractivity contribution in [3.8, 4) is 5.75 Å². The molecule has 3 aromatic rings. The number of fused-ring (bicyclic) bond motifs is 1. The summed E-state index contributed by atoms with van der Waals surface area (Å²) in [5.74, 6) is 0.628. The molecule has 4 rings (SSSR count). The maximum absolute atomic E-state index is 13.3. The Hall–Kier alpha value is -3.23. The summed E-state index contributed by atoms with van der Waals surface area (Å²) >= 11 is 6.33. The highest BCUT2D eigenvalue weighted by Gasteiger charge is 2.27. The molecule has 7 nitrogen and oxygen atoms in total. The van der Waals surface area contributed by atoms with E-state index in [1.165, 1.54) is 16.7 Å². The van der Waals surface area contributed by atoms with Gasteiger partial charge >= 0.3 is 5.69 Å². The van der Waals surface area contributed by atoms with Gasteiger partial charge in [0.2, 0.25) is 0 Å². The molecular weight excluding hydrogens is 473 g/mol. The van der Waals surface area contributed by atoms with Crippen molar-refractivity contribution in [3.63, 3.8) is 0 Å². The highest BCUT2D eigenvalue weighted by molar-refractivity contribution is 6.32. The van der Waals surface area contributed by atoms with Gasteiger partial charge in [-0.25, -0.2) is 9.18 Å². The third-order valence-corrected chi connectivity index (χ3v) is 6.51. The first-order chi connectivity index (χ1) is 16.9.